The molecule has 92 valence electrons. The standard InChI is InChI=1S/C13H13N3S2/c1-14-9-10-13(18-12-6-4-8-17-12)15-11-5-2-3-7-16(10)11/h2-8,14H,9H2,1H3. The van der Waals surface area contributed by atoms with Gasteiger partial charge in [0.25, 0.3) is 0 Å². The fourth-order valence-corrected chi connectivity index (χ4v) is 3.66. The Morgan fingerprint density at radius 1 is 1.33 bits per heavy atom. The van der Waals surface area contributed by atoms with Gasteiger partial charge in [-0.25, -0.2) is 4.98 Å². The summed E-state index contributed by atoms with van der Waals surface area (Å²) in [6.07, 6.45) is 2.06. The van der Waals surface area contributed by atoms with Crippen LogP contribution in [0.3, 0.4) is 0 Å². The molecule has 1 N–H and O–H groups in total. The number of imidazole rings is 1. The van der Waals surface area contributed by atoms with Crippen LogP contribution in [-0.2, 0) is 6.54 Å². The Labute approximate surface area is 114 Å². The molecule has 0 atom stereocenters. The third-order valence-electron chi connectivity index (χ3n) is 2.63. The summed E-state index contributed by atoms with van der Waals surface area (Å²) >= 11 is 3.48. The Morgan fingerprint density at radius 3 is 3.06 bits per heavy atom. The van der Waals surface area contributed by atoms with E-state index in [1.165, 1.54) is 9.90 Å². The lowest BCUT2D eigenvalue weighted by Crippen LogP contribution is -2.08. The first-order valence-corrected chi connectivity index (χ1v) is 7.40. The van der Waals surface area contributed by atoms with Gasteiger partial charge >= 0.3 is 0 Å². The van der Waals surface area contributed by atoms with E-state index < -0.39 is 0 Å². The van der Waals surface area contributed by atoms with Gasteiger partial charge in [-0.15, -0.1) is 11.3 Å². The molecule has 3 aromatic heterocycles. The molecule has 0 fully saturated rings. The quantitative estimate of drug-likeness (QED) is 0.792. The molecule has 0 bridgehead atoms. The highest BCUT2D eigenvalue weighted by Crippen LogP contribution is 2.33. The number of nitrogens with zero attached hydrogens (tertiary/aromatic N) is 2. The van der Waals surface area contributed by atoms with Gasteiger partial charge in [0.1, 0.15) is 10.7 Å². The molecule has 0 aliphatic heterocycles. The number of pyridine rings is 1. The van der Waals surface area contributed by atoms with E-state index in [2.05, 4.69) is 33.4 Å². The van der Waals surface area contributed by atoms with Gasteiger partial charge in [0.05, 0.1) is 9.90 Å². The topological polar surface area (TPSA) is 29.3 Å². The van der Waals surface area contributed by atoms with Gasteiger partial charge in [-0.1, -0.05) is 23.9 Å². The first-order chi connectivity index (χ1) is 8.88. The summed E-state index contributed by atoms with van der Waals surface area (Å²) in [6, 6.07) is 10.3. The van der Waals surface area contributed by atoms with Gasteiger partial charge in [0.2, 0.25) is 0 Å². The normalized spacial score (nSPS) is 11.2. The monoisotopic (exact) mass is 275 g/mol. The van der Waals surface area contributed by atoms with Crippen molar-refractivity contribution in [2.45, 2.75) is 15.8 Å². The minimum Gasteiger partial charge on any atom is -0.314 e. The van der Waals surface area contributed by atoms with Crippen LogP contribution in [0.25, 0.3) is 5.65 Å². The number of aromatic nitrogens is 2. The molecule has 3 heterocycles. The summed E-state index contributed by atoms with van der Waals surface area (Å²) in [5.74, 6) is 0. The molecule has 0 spiro atoms. The molecule has 0 aliphatic carbocycles. The predicted molar refractivity (Wildman–Crippen MR) is 76.4 cm³/mol. The average Bonchev–Trinajstić information content (AvgIpc) is 3.00. The Morgan fingerprint density at radius 2 is 2.28 bits per heavy atom. The molecular weight excluding hydrogens is 262 g/mol. The minimum absolute atomic E-state index is 0.818. The maximum absolute atomic E-state index is 4.70. The van der Waals surface area contributed by atoms with E-state index >= 15 is 0 Å². The van der Waals surface area contributed by atoms with Gasteiger partial charge in [0.15, 0.2) is 0 Å². The average molecular weight is 275 g/mol. The van der Waals surface area contributed by atoms with E-state index in [1.807, 2.05) is 25.2 Å². The van der Waals surface area contributed by atoms with Crippen molar-refractivity contribution >= 4 is 28.7 Å². The summed E-state index contributed by atoms with van der Waals surface area (Å²) in [7, 11) is 1.96. The first-order valence-electron chi connectivity index (χ1n) is 5.70. The van der Waals surface area contributed by atoms with Crippen LogP contribution in [0, 0.1) is 0 Å². The van der Waals surface area contributed by atoms with Crippen LogP contribution in [0.5, 0.6) is 0 Å². The van der Waals surface area contributed by atoms with E-state index in [9.17, 15) is 0 Å². The highest BCUT2D eigenvalue weighted by atomic mass is 32.2. The van der Waals surface area contributed by atoms with Crippen molar-refractivity contribution in [2.75, 3.05) is 7.05 Å². The van der Waals surface area contributed by atoms with Crippen LogP contribution in [0.15, 0.2) is 51.1 Å². The first kappa shape index (κ1) is 11.8. The smallest absolute Gasteiger partial charge is 0.138 e. The van der Waals surface area contributed by atoms with Gasteiger partial charge in [-0.2, -0.15) is 0 Å². The molecule has 3 nitrogen and oxygen atoms in total. The van der Waals surface area contributed by atoms with E-state index in [0.29, 0.717) is 0 Å². The molecule has 0 saturated carbocycles. The Bertz CT molecular complexity index is 643. The van der Waals surface area contributed by atoms with Crippen LogP contribution in [0.4, 0.5) is 0 Å². The lowest BCUT2D eigenvalue weighted by molar-refractivity contribution is 0.764. The summed E-state index contributed by atoms with van der Waals surface area (Å²) in [4.78, 5) is 4.70. The Kier molecular flexibility index (Phi) is 3.36. The molecular formula is C13H13N3S2. The Balaban J connectivity index is 2.06. The van der Waals surface area contributed by atoms with E-state index in [4.69, 9.17) is 4.98 Å². The summed E-state index contributed by atoms with van der Waals surface area (Å²) in [5.41, 5.74) is 2.22. The van der Waals surface area contributed by atoms with Crippen molar-refractivity contribution in [2.24, 2.45) is 0 Å². The van der Waals surface area contributed by atoms with Gasteiger partial charge in [0, 0.05) is 12.7 Å². The fraction of sp³-hybridized carbons (Fsp3) is 0.154. The van der Waals surface area contributed by atoms with E-state index in [0.717, 1.165) is 17.2 Å². The SMILES string of the molecule is CNCc1c(Sc2cccs2)nc2ccccn12. The van der Waals surface area contributed by atoms with Crippen molar-refractivity contribution < 1.29 is 0 Å². The lowest BCUT2D eigenvalue weighted by atomic mass is 10.4. The van der Waals surface area contributed by atoms with Crippen molar-refractivity contribution in [3.8, 4) is 0 Å². The molecule has 5 heteroatoms. The molecule has 0 saturated heterocycles. The molecule has 0 unspecified atom stereocenters. The van der Waals surface area contributed by atoms with Gasteiger partial charge in [-0.05, 0) is 30.6 Å². The van der Waals surface area contributed by atoms with Crippen LogP contribution in [0.1, 0.15) is 5.69 Å². The molecule has 3 rings (SSSR count). The minimum atomic E-state index is 0.818. The summed E-state index contributed by atoms with van der Waals surface area (Å²) in [5, 5.41) is 6.39. The van der Waals surface area contributed by atoms with Gasteiger partial charge < -0.3 is 9.72 Å². The number of hydrogen-bond acceptors (Lipinski definition) is 4. The second kappa shape index (κ2) is 5.14. The lowest BCUT2D eigenvalue weighted by Gasteiger charge is -2.02. The van der Waals surface area contributed by atoms with Gasteiger partial charge in [-0.3, -0.25) is 0 Å². The van der Waals surface area contributed by atoms with Crippen LogP contribution >= 0.6 is 23.1 Å². The van der Waals surface area contributed by atoms with Crippen molar-refractivity contribution in [1.82, 2.24) is 14.7 Å². The zero-order chi connectivity index (χ0) is 12.4. The molecule has 18 heavy (non-hydrogen) atoms. The zero-order valence-electron chi connectivity index (χ0n) is 9.96. The van der Waals surface area contributed by atoms with Crippen molar-refractivity contribution in [3.05, 3.63) is 47.6 Å². The highest BCUT2D eigenvalue weighted by molar-refractivity contribution is 8.01. The molecule has 0 aromatic carbocycles. The number of nitrogens with one attached hydrogen (secondary N) is 1. The second-order valence-corrected chi connectivity index (χ2v) is 6.09. The maximum atomic E-state index is 4.70. The number of fused-ring (bicyclic) bond motifs is 1. The second-order valence-electron chi connectivity index (χ2n) is 3.86. The fourth-order valence-electron chi connectivity index (χ4n) is 1.85. The maximum Gasteiger partial charge on any atom is 0.138 e. The van der Waals surface area contributed by atoms with Crippen molar-refractivity contribution in [3.63, 3.8) is 0 Å². The molecule has 3 aromatic rings. The van der Waals surface area contributed by atoms with Crippen molar-refractivity contribution in [1.29, 1.82) is 0 Å². The van der Waals surface area contributed by atoms with E-state index in [-0.39, 0.29) is 0 Å². The molecule has 0 radical (unpaired) electrons. The Hall–Kier alpha value is -1.30. The highest BCUT2D eigenvalue weighted by Gasteiger charge is 2.12. The number of rotatable bonds is 4. The summed E-state index contributed by atoms with van der Waals surface area (Å²) < 4.78 is 3.42. The molecule has 0 aliphatic rings. The third kappa shape index (κ3) is 2.16. The van der Waals surface area contributed by atoms with Crippen LogP contribution in [-0.4, -0.2) is 16.4 Å². The largest absolute Gasteiger partial charge is 0.314 e. The van der Waals surface area contributed by atoms with Crippen LogP contribution in [0.2, 0.25) is 0 Å². The van der Waals surface area contributed by atoms with E-state index in [1.54, 1.807) is 23.1 Å². The number of thiophene rings is 1. The summed E-state index contributed by atoms with van der Waals surface area (Å²) in [6.45, 7) is 0.818. The van der Waals surface area contributed by atoms with Crippen LogP contribution < -0.4 is 5.32 Å². The third-order valence-corrected chi connectivity index (χ3v) is 4.69. The predicted octanol–water partition coefficient (Wildman–Crippen LogP) is 3.27. The number of hydrogen-bond donors (Lipinski definition) is 1. The zero-order valence-corrected chi connectivity index (χ0v) is 11.6. The molecule has 0 amide bonds.